The van der Waals surface area contributed by atoms with E-state index in [4.69, 9.17) is 30.2 Å². The topological polar surface area (TPSA) is 248 Å². The second-order valence-corrected chi connectivity index (χ2v) is 34.4. The van der Waals surface area contributed by atoms with Gasteiger partial charge in [0.25, 0.3) is 0 Å². The van der Waals surface area contributed by atoms with Crippen LogP contribution in [0.3, 0.4) is 0 Å². The Hall–Kier alpha value is -5.56. The molecule has 4 aromatic carbocycles. The van der Waals surface area contributed by atoms with Crippen molar-refractivity contribution < 1.29 is 53.2 Å². The summed E-state index contributed by atoms with van der Waals surface area (Å²) in [6, 6.07) is 41.8. The number of alkyl halides is 2. The Morgan fingerprint density at radius 2 is 0.821 bits per heavy atom. The smallest absolute Gasteiger partial charge is 0.303 e. The summed E-state index contributed by atoms with van der Waals surface area (Å²) in [5.74, 6) is 6.13. The molecule has 0 aromatic heterocycles. The van der Waals surface area contributed by atoms with E-state index in [0.717, 1.165) is 140 Å². The van der Waals surface area contributed by atoms with Crippen molar-refractivity contribution in [1.82, 2.24) is 24.9 Å². The van der Waals surface area contributed by atoms with E-state index >= 15 is 0 Å². The summed E-state index contributed by atoms with van der Waals surface area (Å²) in [5.41, 5.74) is 10.4. The highest BCUT2D eigenvalue weighted by atomic mass is 127. The van der Waals surface area contributed by atoms with Crippen LogP contribution in [0.5, 0.6) is 0 Å². The number of hydrogen-bond acceptors (Lipinski definition) is 12. The molecule has 5 fully saturated rings. The third-order valence-electron chi connectivity index (χ3n) is 21.8. The van der Waals surface area contributed by atoms with E-state index in [-0.39, 0.29) is 54.9 Å². The molecule has 7 N–H and O–H groups in total. The summed E-state index contributed by atoms with van der Waals surface area (Å²) in [5, 5.41) is 24.4. The Bertz CT molecular complexity index is 3190. The number of nitrogens with zero attached hydrogens (tertiary/aromatic N) is 4. The van der Waals surface area contributed by atoms with Crippen LogP contribution in [-0.4, -0.2) is 162 Å². The first-order valence-corrected chi connectivity index (χ1v) is 43.8. The number of aliphatic hydroxyl groups is 1. The quantitative estimate of drug-likeness (QED) is 0.0122. The van der Waals surface area contributed by atoms with E-state index < -0.39 is 5.97 Å². The van der Waals surface area contributed by atoms with Crippen molar-refractivity contribution in [1.29, 1.82) is 0 Å². The van der Waals surface area contributed by atoms with Crippen molar-refractivity contribution >= 4 is 85.8 Å². The molecular weight excluding hydrogens is 1610 g/mol. The van der Waals surface area contributed by atoms with E-state index in [2.05, 4.69) is 192 Å². The maximum Gasteiger partial charge on any atom is 0.303 e. The minimum absolute atomic E-state index is 0.0966. The Morgan fingerprint density at radius 1 is 0.509 bits per heavy atom. The van der Waals surface area contributed by atoms with Crippen LogP contribution in [0.2, 0.25) is 0 Å². The summed E-state index contributed by atoms with van der Waals surface area (Å²) in [6.07, 6.45) is 18.9. The van der Waals surface area contributed by atoms with Gasteiger partial charge in [0.15, 0.2) is 0 Å². The summed E-state index contributed by atoms with van der Waals surface area (Å²) in [7, 11) is 5.15. The molecule has 0 bridgehead atoms. The number of carbonyl (C=O) groups excluding carboxylic acids is 5. The Kier molecular flexibility index (Phi) is 54.9. The predicted octanol–water partition coefficient (Wildman–Crippen LogP) is 18.6. The van der Waals surface area contributed by atoms with Gasteiger partial charge < -0.3 is 55.1 Å². The lowest BCUT2D eigenvalue weighted by Crippen LogP contribution is -2.28. The summed E-state index contributed by atoms with van der Waals surface area (Å²) in [6.45, 7) is 36.4. The van der Waals surface area contributed by atoms with Gasteiger partial charge in [0, 0.05) is 128 Å². The largest absolute Gasteiger partial charge is 0.481 e. The molecule has 5 amide bonds. The van der Waals surface area contributed by atoms with Gasteiger partial charge in [0.2, 0.25) is 29.5 Å². The Balaban J connectivity index is 0.000000450. The van der Waals surface area contributed by atoms with Crippen LogP contribution in [0.25, 0.3) is 0 Å². The monoisotopic (exact) mass is 1750 g/mol. The standard InChI is InChI=1S/C18H27NO2.C18H25NO.C17H25NO2.C13H16INO.C10H21NO3.C10H19NO2.C5H9Br.ClH2N/c1-14(9-10-21-3)11-16-12-18(20)19(13-16)15(2)17-7-5-4-6-8-17;1-4-8-14(2)11-16-12-18(20)19(13-16)15(3)17-9-6-5-7-10-17;1-13(8-9-19)10-15-11-17(20)18(12-15)14(2)16-6-4-3-5-7-16;1-10(12-5-3-2-4-6-12)15-9-11(8-14)7-13(15)16;1-8(3-4-14-2)5-9(7-11)6-10(12)13;1-8(3-4-13-2)5-9-6-10(12)11-7-9;1-3-4-5(2)6;1-2/h4-8,14-16H,9-13H2,1-3H3;4-7,9-10,14-16H,1,8,11-13H2,2-3H3;3-7,13-15,19H,8-12H2,1-2H3;2-6,10-11H,7-9H2,1H3;8-9H,3-7,11H2,1-2H3,(H,12,13);8-9H,3-7H2,1-2H3,(H,11,12);3,5H,1,4H2,2H3;2H2/t2*14?,15-,16-;13?,14-,15-;10-,11+;2*8?,9-;;/m000000../s1. The number of nitrogens with one attached hydrogen (secondary N) is 1. The van der Waals surface area contributed by atoms with Gasteiger partial charge >= 0.3 is 5.97 Å². The lowest BCUT2D eigenvalue weighted by Gasteiger charge is -2.25. The number of methoxy groups -OCH3 is 3. The highest BCUT2D eigenvalue weighted by Gasteiger charge is 2.37. The molecule has 9 rings (SSSR count). The molecule has 630 valence electrons. The zero-order valence-electron chi connectivity index (χ0n) is 70.3. The fourth-order valence-corrected chi connectivity index (χ4v) is 16.3. The fraction of sp³-hybridized carbons (Fsp3) is 0.626. The normalized spacial score (nSPS) is 20.6. The molecule has 0 radical (unpaired) electrons. The van der Waals surface area contributed by atoms with Crippen molar-refractivity contribution in [3.8, 4) is 0 Å². The molecule has 5 aliphatic heterocycles. The van der Waals surface area contributed by atoms with Gasteiger partial charge in [-0.15, -0.1) is 13.2 Å². The molecule has 4 aromatic rings. The summed E-state index contributed by atoms with van der Waals surface area (Å²) < 4.78 is 16.2. The Morgan fingerprint density at radius 3 is 1.09 bits per heavy atom. The lowest BCUT2D eigenvalue weighted by atomic mass is 9.91. The first-order valence-electron chi connectivity index (χ1n) is 40.9. The molecule has 112 heavy (non-hydrogen) atoms. The van der Waals surface area contributed by atoms with Gasteiger partial charge in [-0.25, -0.2) is 5.25 Å². The number of benzene rings is 4. The number of halogens is 3. The van der Waals surface area contributed by atoms with Gasteiger partial charge in [-0.05, 0) is 204 Å². The molecule has 5 aliphatic rings. The Labute approximate surface area is 702 Å². The zero-order chi connectivity index (χ0) is 83.5. The van der Waals surface area contributed by atoms with Crippen LogP contribution in [0.15, 0.2) is 147 Å². The van der Waals surface area contributed by atoms with Gasteiger partial charge in [-0.3, -0.25) is 28.8 Å². The van der Waals surface area contributed by atoms with Crippen LogP contribution in [-0.2, 0) is 43.0 Å². The van der Waals surface area contributed by atoms with E-state index in [9.17, 15) is 28.8 Å². The van der Waals surface area contributed by atoms with Gasteiger partial charge in [0.1, 0.15) is 0 Å². The van der Waals surface area contributed by atoms with Crippen molar-refractivity contribution in [2.75, 3.05) is 91.5 Å². The molecule has 5 heterocycles. The van der Waals surface area contributed by atoms with Crippen LogP contribution >= 0.6 is 50.3 Å². The van der Waals surface area contributed by atoms with E-state index in [1.54, 1.807) is 21.3 Å². The molecule has 21 heteroatoms. The maximum atomic E-state index is 12.3. The minimum Gasteiger partial charge on any atom is -0.481 e. The second kappa shape index (κ2) is 60.0. The van der Waals surface area contributed by atoms with Crippen LogP contribution < -0.4 is 16.3 Å². The highest BCUT2D eigenvalue weighted by Crippen LogP contribution is 2.36. The molecule has 0 aliphatic carbocycles. The number of aliphatic hydroxyl groups excluding tert-OH is 1. The first kappa shape index (κ1) is 103. The van der Waals surface area contributed by atoms with Crippen LogP contribution in [0, 0.1) is 65.1 Å². The molecular formula is C91H144BrClIN7O11. The third kappa shape index (κ3) is 41.3. The zero-order valence-corrected chi connectivity index (χ0v) is 74.8. The number of likely N-dealkylation sites (tertiary alicyclic amines) is 4. The molecule has 0 saturated carbocycles. The average molecular weight is 1750 g/mol. The number of rotatable bonds is 37. The highest BCUT2D eigenvalue weighted by molar-refractivity contribution is 14.1. The number of carboxylic acid groups (broad SMARTS) is 1. The number of carboxylic acids is 1. The number of amides is 5. The molecule has 18 nitrogen and oxygen atoms in total. The number of nitrogens with two attached hydrogens (primary N) is 2. The SMILES string of the molecule is C=CCC(C)Br.C=CCC(C)C[C@H]1CC(=O)N([C@@H](C)c2ccccc2)C1.CC(CCO)C[C@H]1CC(=O)N([C@@H](C)c2ccccc2)C1.COCCC(C)C[C@@H]1CNC(=O)C1.COCCC(C)C[C@H](CN)CC(=O)O.COCCC(C)C[C@H]1CC(=O)N([C@@H](C)c2ccccc2)C1.C[C@@H](c1ccccc1)N1C[C@@H](CI)CC1=O.NCl. The predicted molar refractivity (Wildman–Crippen MR) is 472 cm³/mol. The van der Waals surface area contributed by atoms with Crippen LogP contribution in [0.4, 0.5) is 0 Å². The summed E-state index contributed by atoms with van der Waals surface area (Å²) in [4.78, 5) is 78.7. The number of ether oxygens (including phenoxy) is 3. The van der Waals surface area contributed by atoms with Crippen molar-refractivity contribution in [3.63, 3.8) is 0 Å². The van der Waals surface area contributed by atoms with E-state index in [0.29, 0.717) is 108 Å². The number of allylic oxidation sites excluding steroid dienone is 2. The van der Waals surface area contributed by atoms with Crippen molar-refractivity contribution in [2.45, 2.75) is 207 Å². The maximum absolute atomic E-state index is 12.3. The van der Waals surface area contributed by atoms with E-state index in [1.807, 2.05) is 105 Å². The van der Waals surface area contributed by atoms with Gasteiger partial charge in [0.05, 0.1) is 24.2 Å². The lowest BCUT2D eigenvalue weighted by molar-refractivity contribution is -0.138. The fourth-order valence-electron chi connectivity index (χ4n) is 15.4. The molecule has 0 spiro atoms. The van der Waals surface area contributed by atoms with E-state index in [1.165, 1.54) is 22.3 Å². The van der Waals surface area contributed by atoms with Crippen molar-refractivity contribution in [3.05, 3.63) is 169 Å². The summed E-state index contributed by atoms with van der Waals surface area (Å²) >= 11 is 9.87. The molecule has 16 atom stereocenters. The third-order valence-corrected chi connectivity index (χ3v) is 23.5. The van der Waals surface area contributed by atoms with Gasteiger partial charge in [-0.1, -0.05) is 214 Å². The number of carbonyl (C=O) groups is 6. The second-order valence-electron chi connectivity index (χ2n) is 31.9. The average Bonchev–Trinajstić information content (AvgIpc) is 1.70. The van der Waals surface area contributed by atoms with Gasteiger partial charge in [-0.2, -0.15) is 0 Å². The first-order chi connectivity index (χ1) is 53.6. The van der Waals surface area contributed by atoms with Crippen LogP contribution in [0.1, 0.15) is 225 Å². The van der Waals surface area contributed by atoms with Crippen molar-refractivity contribution in [2.24, 2.45) is 76.1 Å². The number of hydrogen-bond donors (Lipinski definition) is 5. The number of aliphatic carboxylic acids is 1. The molecule has 6 unspecified atom stereocenters. The minimum atomic E-state index is -0.764. The molecule has 5 saturated heterocycles.